The zero-order chi connectivity index (χ0) is 45.8. The largest absolute Gasteiger partial charge is 0.462 e. The average molecular weight is 873 g/mol. The molecule has 0 spiro atoms. The number of ether oxygens (including phenoxy) is 3. The van der Waals surface area contributed by atoms with Crippen molar-refractivity contribution in [1.29, 1.82) is 0 Å². The van der Waals surface area contributed by atoms with Crippen molar-refractivity contribution in [3.8, 4) is 0 Å². The maximum atomic E-state index is 12.7. The van der Waals surface area contributed by atoms with Crippen molar-refractivity contribution in [2.75, 3.05) is 13.2 Å². The van der Waals surface area contributed by atoms with Gasteiger partial charge in [0.25, 0.3) is 0 Å². The first-order valence-electron chi connectivity index (χ1n) is 25.4. The van der Waals surface area contributed by atoms with Gasteiger partial charge >= 0.3 is 17.9 Å². The van der Waals surface area contributed by atoms with Gasteiger partial charge in [0.05, 0.1) is 0 Å². The summed E-state index contributed by atoms with van der Waals surface area (Å²) in [6.45, 7) is 6.28. The molecule has 0 fully saturated rings. The van der Waals surface area contributed by atoms with Crippen LogP contribution < -0.4 is 0 Å². The lowest BCUT2D eigenvalue weighted by molar-refractivity contribution is -0.166. The normalized spacial score (nSPS) is 13.0. The molecule has 1 unspecified atom stereocenters. The van der Waals surface area contributed by atoms with Crippen molar-refractivity contribution in [3.05, 3.63) is 109 Å². The van der Waals surface area contributed by atoms with Crippen LogP contribution in [0.25, 0.3) is 0 Å². The summed E-state index contributed by atoms with van der Waals surface area (Å²) in [4.78, 5) is 37.7. The van der Waals surface area contributed by atoms with Crippen molar-refractivity contribution in [2.24, 2.45) is 0 Å². The molecule has 0 aliphatic rings. The van der Waals surface area contributed by atoms with E-state index in [0.717, 1.165) is 103 Å². The third-order valence-electron chi connectivity index (χ3n) is 10.3. The van der Waals surface area contributed by atoms with E-state index < -0.39 is 12.1 Å². The second-order valence-electron chi connectivity index (χ2n) is 16.3. The average Bonchev–Trinajstić information content (AvgIpc) is 3.28. The van der Waals surface area contributed by atoms with E-state index in [2.05, 4.69) is 118 Å². The third-order valence-corrected chi connectivity index (χ3v) is 10.3. The monoisotopic (exact) mass is 873 g/mol. The van der Waals surface area contributed by atoms with Crippen LogP contribution in [0.1, 0.15) is 213 Å². The van der Waals surface area contributed by atoms with Crippen LogP contribution in [0.3, 0.4) is 0 Å². The van der Waals surface area contributed by atoms with E-state index in [1.807, 2.05) is 12.2 Å². The molecule has 0 amide bonds. The predicted octanol–water partition coefficient (Wildman–Crippen LogP) is 16.8. The lowest BCUT2D eigenvalue weighted by atomic mass is 10.1. The molecule has 0 N–H and O–H groups in total. The zero-order valence-corrected chi connectivity index (χ0v) is 40.5. The van der Waals surface area contributed by atoms with Gasteiger partial charge in [0.15, 0.2) is 6.10 Å². The first-order valence-corrected chi connectivity index (χ1v) is 25.4. The van der Waals surface area contributed by atoms with Gasteiger partial charge in [-0.25, -0.2) is 0 Å². The standard InChI is InChI=1S/C57H92O6/c1-4-7-10-13-16-18-20-22-23-24-25-26-27-28-29-30-31-32-33-35-36-38-41-44-47-50-56(59)62-53-54(52-61-55(58)49-46-43-40-15-12-9-6-3)63-57(60)51-48-45-42-39-37-34-21-19-17-14-11-8-5-2/h7-8,10-11,16-19,22-23,25-26,28-29,34,37,42,45,54H,4-6,9,12-15,20-21,24,27,30-33,35-36,38-41,43-44,46-53H2,1-3H3/b10-7-,11-8-,18-16-,19-17-,23-22-,26-25-,29-28-,37-34-,45-42-. The van der Waals surface area contributed by atoms with Crippen molar-refractivity contribution < 1.29 is 28.6 Å². The molecular formula is C57H92O6. The molecule has 0 heterocycles. The highest BCUT2D eigenvalue weighted by Crippen LogP contribution is 2.13. The molecule has 0 aromatic carbocycles. The smallest absolute Gasteiger partial charge is 0.306 e. The van der Waals surface area contributed by atoms with Crippen molar-refractivity contribution in [3.63, 3.8) is 0 Å². The first-order chi connectivity index (χ1) is 31.0. The van der Waals surface area contributed by atoms with Crippen LogP contribution in [0.4, 0.5) is 0 Å². The van der Waals surface area contributed by atoms with Gasteiger partial charge in [0.2, 0.25) is 0 Å². The minimum absolute atomic E-state index is 0.109. The van der Waals surface area contributed by atoms with Gasteiger partial charge in [0, 0.05) is 19.3 Å². The lowest BCUT2D eigenvalue weighted by Crippen LogP contribution is -2.30. The Bertz CT molecular complexity index is 1330. The second kappa shape index (κ2) is 50.7. The van der Waals surface area contributed by atoms with E-state index in [9.17, 15) is 14.4 Å². The Labute approximate surface area is 387 Å². The molecule has 0 saturated heterocycles. The summed E-state index contributed by atoms with van der Waals surface area (Å²) in [6.07, 6.45) is 68.2. The van der Waals surface area contributed by atoms with Crippen molar-refractivity contribution in [1.82, 2.24) is 0 Å². The summed E-state index contributed by atoms with van der Waals surface area (Å²) >= 11 is 0. The number of rotatable bonds is 44. The Morgan fingerprint density at radius 1 is 0.333 bits per heavy atom. The highest BCUT2D eigenvalue weighted by Gasteiger charge is 2.19. The highest BCUT2D eigenvalue weighted by molar-refractivity contribution is 5.71. The fourth-order valence-electron chi connectivity index (χ4n) is 6.54. The summed E-state index contributed by atoms with van der Waals surface area (Å²) in [5.74, 6) is -1.01. The fraction of sp³-hybridized carbons (Fsp3) is 0.632. The summed E-state index contributed by atoms with van der Waals surface area (Å²) < 4.78 is 16.6. The van der Waals surface area contributed by atoms with Crippen LogP contribution in [0, 0.1) is 0 Å². The predicted molar refractivity (Wildman–Crippen MR) is 270 cm³/mol. The summed E-state index contributed by atoms with van der Waals surface area (Å²) in [5, 5.41) is 0. The number of hydrogen-bond donors (Lipinski definition) is 0. The highest BCUT2D eigenvalue weighted by atomic mass is 16.6. The molecule has 0 rings (SSSR count). The molecule has 0 aliphatic heterocycles. The molecule has 1 atom stereocenters. The number of allylic oxidation sites excluding steroid dienone is 18. The molecule has 0 radical (unpaired) electrons. The molecule has 6 nitrogen and oxygen atoms in total. The Kier molecular flexibility index (Phi) is 47.5. The second-order valence-corrected chi connectivity index (χ2v) is 16.3. The molecule has 0 bridgehead atoms. The third kappa shape index (κ3) is 49.0. The summed E-state index contributed by atoms with van der Waals surface area (Å²) in [5.41, 5.74) is 0. The Morgan fingerprint density at radius 3 is 1.03 bits per heavy atom. The maximum absolute atomic E-state index is 12.7. The molecule has 0 aromatic rings. The summed E-state index contributed by atoms with van der Waals surface area (Å²) in [7, 11) is 0. The van der Waals surface area contributed by atoms with E-state index in [1.165, 1.54) is 64.2 Å². The number of carbonyl (C=O) groups excluding carboxylic acids is 3. The minimum atomic E-state index is -0.816. The van der Waals surface area contributed by atoms with Gasteiger partial charge in [0.1, 0.15) is 13.2 Å². The quantitative estimate of drug-likeness (QED) is 0.0263. The zero-order valence-electron chi connectivity index (χ0n) is 40.5. The molecule has 0 aliphatic carbocycles. The first kappa shape index (κ1) is 59.1. The van der Waals surface area contributed by atoms with E-state index >= 15 is 0 Å². The van der Waals surface area contributed by atoms with Gasteiger partial charge in [-0.3, -0.25) is 14.4 Å². The van der Waals surface area contributed by atoms with Crippen LogP contribution in [0.15, 0.2) is 109 Å². The topological polar surface area (TPSA) is 78.9 Å². The molecule has 0 aromatic heterocycles. The Balaban J connectivity index is 4.27. The van der Waals surface area contributed by atoms with Crippen LogP contribution in [0.5, 0.6) is 0 Å². The number of hydrogen-bond acceptors (Lipinski definition) is 6. The van der Waals surface area contributed by atoms with Crippen LogP contribution in [-0.4, -0.2) is 37.2 Å². The lowest BCUT2D eigenvalue weighted by Gasteiger charge is -2.18. The fourth-order valence-corrected chi connectivity index (χ4v) is 6.54. The number of esters is 3. The van der Waals surface area contributed by atoms with E-state index in [4.69, 9.17) is 14.2 Å². The van der Waals surface area contributed by atoms with Crippen LogP contribution in [0.2, 0.25) is 0 Å². The van der Waals surface area contributed by atoms with Gasteiger partial charge < -0.3 is 14.2 Å². The van der Waals surface area contributed by atoms with Gasteiger partial charge in [-0.05, 0) is 89.9 Å². The Hall–Kier alpha value is -3.93. The molecule has 356 valence electrons. The minimum Gasteiger partial charge on any atom is -0.462 e. The molecular weight excluding hydrogens is 781 g/mol. The summed E-state index contributed by atoms with van der Waals surface area (Å²) in [6, 6.07) is 0. The van der Waals surface area contributed by atoms with Crippen molar-refractivity contribution in [2.45, 2.75) is 219 Å². The molecule has 63 heavy (non-hydrogen) atoms. The SMILES string of the molecule is CC/C=C\C/C=C\C/C=C\C/C=C\C/C=C\CCCCCCCCCCCC(=O)OCC(COC(=O)CCCCCCCCC)OC(=O)CC/C=C\C/C=C\C/C=C\C/C=C\CC. The van der Waals surface area contributed by atoms with Gasteiger partial charge in [-0.2, -0.15) is 0 Å². The molecule has 6 heteroatoms. The van der Waals surface area contributed by atoms with Gasteiger partial charge in [-0.15, -0.1) is 0 Å². The van der Waals surface area contributed by atoms with E-state index in [-0.39, 0.29) is 31.6 Å². The number of carbonyl (C=O) groups is 3. The van der Waals surface area contributed by atoms with Crippen LogP contribution in [-0.2, 0) is 28.6 Å². The Morgan fingerprint density at radius 2 is 0.651 bits per heavy atom. The van der Waals surface area contributed by atoms with E-state index in [0.29, 0.717) is 19.3 Å². The van der Waals surface area contributed by atoms with Gasteiger partial charge in [-0.1, -0.05) is 214 Å². The number of unbranched alkanes of at least 4 members (excludes halogenated alkanes) is 15. The maximum Gasteiger partial charge on any atom is 0.306 e. The van der Waals surface area contributed by atoms with Crippen LogP contribution >= 0.6 is 0 Å². The molecule has 0 saturated carbocycles. The van der Waals surface area contributed by atoms with Crippen molar-refractivity contribution >= 4 is 17.9 Å². The van der Waals surface area contributed by atoms with E-state index in [1.54, 1.807) is 0 Å².